The summed E-state index contributed by atoms with van der Waals surface area (Å²) in [5, 5.41) is 0.250. The minimum absolute atomic E-state index is 0.00747. The largest absolute Gasteiger partial charge is 0.493 e. The summed E-state index contributed by atoms with van der Waals surface area (Å²) in [6.07, 6.45) is 1.72. The molecule has 0 saturated carbocycles. The van der Waals surface area contributed by atoms with E-state index in [2.05, 4.69) is 4.98 Å². The summed E-state index contributed by atoms with van der Waals surface area (Å²) in [4.78, 5) is 28.7. The maximum Gasteiger partial charge on any atom is 0.258 e. The maximum atomic E-state index is 13.0. The molecule has 2 rings (SSSR count). The summed E-state index contributed by atoms with van der Waals surface area (Å²) >= 11 is 6.07. The van der Waals surface area contributed by atoms with Crippen LogP contribution < -0.4 is 19.9 Å². The Morgan fingerprint density at radius 3 is 2.50 bits per heavy atom. The molecule has 28 heavy (non-hydrogen) atoms. The van der Waals surface area contributed by atoms with Gasteiger partial charge < -0.3 is 19.9 Å². The highest BCUT2D eigenvalue weighted by atomic mass is 35.5. The Kier molecular flexibility index (Phi) is 7.63. The van der Waals surface area contributed by atoms with Crippen molar-refractivity contribution in [1.29, 1.82) is 0 Å². The fraction of sp³-hybridized carbons (Fsp3) is 0.350. The molecule has 2 N–H and O–H groups in total. The van der Waals surface area contributed by atoms with Crippen molar-refractivity contribution in [2.75, 3.05) is 14.2 Å². The van der Waals surface area contributed by atoms with Gasteiger partial charge in [-0.25, -0.2) is 4.98 Å². The predicted molar refractivity (Wildman–Crippen MR) is 105 cm³/mol. The second kappa shape index (κ2) is 9.94. The number of Topliss-reactive ketones (excluding diaryl/α,β-unsaturated/α-hetero) is 1. The average Bonchev–Trinajstić information content (AvgIpc) is 2.68. The fourth-order valence-electron chi connectivity index (χ4n) is 2.72. The van der Waals surface area contributed by atoms with Gasteiger partial charge in [-0.05, 0) is 30.2 Å². The third kappa shape index (κ3) is 4.92. The second-order valence-electron chi connectivity index (χ2n) is 6.03. The van der Waals surface area contributed by atoms with Crippen LogP contribution in [0.1, 0.15) is 35.7 Å². The first-order valence-electron chi connectivity index (χ1n) is 8.76. The summed E-state index contributed by atoms with van der Waals surface area (Å²) in [6.45, 7) is 1.90. The van der Waals surface area contributed by atoms with Crippen LogP contribution in [0.4, 0.5) is 0 Å². The molecular weight excluding hydrogens is 384 g/mol. The lowest BCUT2D eigenvalue weighted by Gasteiger charge is -2.21. The van der Waals surface area contributed by atoms with E-state index in [4.69, 9.17) is 31.5 Å². The minimum Gasteiger partial charge on any atom is -0.493 e. The standard InChI is InChI=1S/C20H23ClN2O5/c1-4-6-16(20(22)25)28-17-13(8-9-15(26-2)18(17)27-3)14(24)11-12-7-5-10-23-19(12)21/h5,7-10,16H,4,6,11H2,1-3H3,(H2,22,25). The van der Waals surface area contributed by atoms with Gasteiger partial charge in [0.05, 0.1) is 19.8 Å². The minimum atomic E-state index is -0.903. The lowest BCUT2D eigenvalue weighted by molar-refractivity contribution is -0.125. The number of aromatic nitrogens is 1. The molecule has 1 aromatic heterocycles. The van der Waals surface area contributed by atoms with Gasteiger partial charge in [0.25, 0.3) is 5.91 Å². The number of hydrogen-bond donors (Lipinski definition) is 1. The van der Waals surface area contributed by atoms with Crippen molar-refractivity contribution >= 4 is 23.3 Å². The number of pyridine rings is 1. The van der Waals surface area contributed by atoms with Crippen LogP contribution in [0.25, 0.3) is 0 Å². The number of rotatable bonds is 10. The van der Waals surface area contributed by atoms with Gasteiger partial charge in [0.15, 0.2) is 23.4 Å². The van der Waals surface area contributed by atoms with E-state index < -0.39 is 12.0 Å². The van der Waals surface area contributed by atoms with E-state index in [1.54, 1.807) is 30.5 Å². The molecule has 0 saturated heterocycles. The number of ether oxygens (including phenoxy) is 3. The Labute approximate surface area is 168 Å². The van der Waals surface area contributed by atoms with Gasteiger partial charge in [0.2, 0.25) is 5.75 Å². The van der Waals surface area contributed by atoms with Gasteiger partial charge in [-0.2, -0.15) is 0 Å². The number of amides is 1. The van der Waals surface area contributed by atoms with Crippen molar-refractivity contribution in [2.24, 2.45) is 5.73 Å². The van der Waals surface area contributed by atoms with Gasteiger partial charge in [0, 0.05) is 12.6 Å². The van der Waals surface area contributed by atoms with E-state index in [0.717, 1.165) is 0 Å². The molecule has 1 atom stereocenters. The van der Waals surface area contributed by atoms with Crippen molar-refractivity contribution in [3.8, 4) is 17.2 Å². The molecular formula is C20H23ClN2O5. The first-order chi connectivity index (χ1) is 13.4. The first kappa shape index (κ1) is 21.5. The van der Waals surface area contributed by atoms with Crippen molar-refractivity contribution in [3.05, 3.63) is 46.7 Å². The summed E-state index contributed by atoms with van der Waals surface area (Å²) in [6, 6.07) is 6.58. The SMILES string of the molecule is CCCC(Oc1c(C(=O)Cc2cccnc2Cl)ccc(OC)c1OC)C(N)=O. The van der Waals surface area contributed by atoms with Crippen molar-refractivity contribution in [2.45, 2.75) is 32.3 Å². The van der Waals surface area contributed by atoms with Crippen LogP contribution in [0, 0.1) is 0 Å². The van der Waals surface area contributed by atoms with Crippen LogP contribution in [0.2, 0.25) is 5.15 Å². The topological polar surface area (TPSA) is 101 Å². The lowest BCUT2D eigenvalue weighted by atomic mass is 10.0. The molecule has 0 aliphatic carbocycles. The molecule has 1 heterocycles. The molecule has 150 valence electrons. The number of nitrogens with two attached hydrogens (primary N) is 1. The van der Waals surface area contributed by atoms with Crippen molar-refractivity contribution < 1.29 is 23.8 Å². The summed E-state index contributed by atoms with van der Waals surface area (Å²) in [5.74, 6) is -0.198. The zero-order chi connectivity index (χ0) is 20.7. The highest BCUT2D eigenvalue weighted by molar-refractivity contribution is 6.30. The van der Waals surface area contributed by atoms with E-state index in [0.29, 0.717) is 24.2 Å². The Morgan fingerprint density at radius 1 is 1.18 bits per heavy atom. The van der Waals surface area contributed by atoms with Gasteiger partial charge in [0.1, 0.15) is 5.15 Å². The lowest BCUT2D eigenvalue weighted by Crippen LogP contribution is -2.34. The van der Waals surface area contributed by atoms with E-state index in [9.17, 15) is 9.59 Å². The van der Waals surface area contributed by atoms with Gasteiger partial charge >= 0.3 is 0 Å². The Balaban J connectivity index is 2.49. The van der Waals surface area contributed by atoms with Crippen LogP contribution in [0.5, 0.6) is 17.2 Å². The molecule has 1 aromatic carbocycles. The van der Waals surface area contributed by atoms with E-state index in [-0.39, 0.29) is 34.4 Å². The molecule has 2 aromatic rings. The van der Waals surface area contributed by atoms with E-state index >= 15 is 0 Å². The number of carbonyl (C=O) groups is 2. The first-order valence-corrected chi connectivity index (χ1v) is 9.14. The van der Waals surface area contributed by atoms with Crippen molar-refractivity contribution in [1.82, 2.24) is 4.98 Å². The van der Waals surface area contributed by atoms with Crippen LogP contribution in [-0.2, 0) is 11.2 Å². The zero-order valence-electron chi connectivity index (χ0n) is 16.0. The highest BCUT2D eigenvalue weighted by Crippen LogP contribution is 2.41. The molecule has 0 aliphatic rings. The molecule has 7 nitrogen and oxygen atoms in total. The molecule has 0 fully saturated rings. The Bertz CT molecular complexity index is 856. The molecule has 0 bridgehead atoms. The molecule has 0 spiro atoms. The van der Waals surface area contributed by atoms with Crippen molar-refractivity contribution in [3.63, 3.8) is 0 Å². The number of hydrogen-bond acceptors (Lipinski definition) is 6. The maximum absolute atomic E-state index is 13.0. The number of ketones is 1. The number of benzene rings is 1. The van der Waals surface area contributed by atoms with Crippen LogP contribution in [0.15, 0.2) is 30.5 Å². The molecule has 0 radical (unpaired) electrons. The molecule has 1 amide bonds. The van der Waals surface area contributed by atoms with Gasteiger partial charge in [-0.3, -0.25) is 9.59 Å². The van der Waals surface area contributed by atoms with Crippen LogP contribution in [-0.4, -0.2) is 37.0 Å². The third-order valence-corrected chi connectivity index (χ3v) is 4.46. The number of nitrogens with zero attached hydrogens (tertiary/aromatic N) is 1. The van der Waals surface area contributed by atoms with Crippen LogP contribution >= 0.6 is 11.6 Å². The highest BCUT2D eigenvalue weighted by Gasteiger charge is 2.26. The number of methoxy groups -OCH3 is 2. The monoisotopic (exact) mass is 406 g/mol. The number of primary amides is 1. The van der Waals surface area contributed by atoms with E-state index in [1.165, 1.54) is 14.2 Å². The average molecular weight is 407 g/mol. The third-order valence-electron chi connectivity index (χ3n) is 4.12. The van der Waals surface area contributed by atoms with Crippen LogP contribution in [0.3, 0.4) is 0 Å². The quantitative estimate of drug-likeness (QED) is 0.480. The fourth-order valence-corrected chi connectivity index (χ4v) is 2.90. The second-order valence-corrected chi connectivity index (χ2v) is 6.39. The predicted octanol–water partition coefficient (Wildman–Crippen LogP) is 3.21. The van der Waals surface area contributed by atoms with Gasteiger partial charge in [-0.1, -0.05) is 31.0 Å². The number of carbonyl (C=O) groups excluding carboxylic acids is 2. The summed E-state index contributed by atoms with van der Waals surface area (Å²) in [7, 11) is 2.90. The Hall–Kier alpha value is -2.80. The van der Waals surface area contributed by atoms with E-state index in [1.807, 2.05) is 6.92 Å². The smallest absolute Gasteiger partial charge is 0.258 e. The molecule has 0 aliphatic heterocycles. The molecule has 8 heteroatoms. The summed E-state index contributed by atoms with van der Waals surface area (Å²) in [5.41, 5.74) is 6.27. The zero-order valence-corrected chi connectivity index (χ0v) is 16.8. The molecule has 1 unspecified atom stereocenters. The normalized spacial score (nSPS) is 11.6. The Morgan fingerprint density at radius 2 is 1.93 bits per heavy atom. The number of halogens is 1. The summed E-state index contributed by atoms with van der Waals surface area (Å²) < 4.78 is 16.5. The van der Waals surface area contributed by atoms with Gasteiger partial charge in [-0.15, -0.1) is 0 Å².